The molecule has 5 rings (SSSR count). The summed E-state index contributed by atoms with van der Waals surface area (Å²) in [5, 5.41) is 4.93. The molecule has 0 spiro atoms. The Morgan fingerprint density at radius 3 is 2.53 bits per heavy atom. The highest BCUT2D eigenvalue weighted by molar-refractivity contribution is 6.17. The number of nitrogens with zero attached hydrogens (tertiary/aromatic N) is 3. The molecule has 6 heteroatoms. The lowest BCUT2D eigenvalue weighted by Gasteiger charge is -2.34. The lowest BCUT2D eigenvalue weighted by molar-refractivity contribution is 0.0948. The molecule has 2 fully saturated rings. The zero-order chi connectivity index (χ0) is 23.8. The molecule has 1 aromatic carbocycles. The molecular formula is C28H38N4O2. The molecule has 1 N–H and O–H groups in total. The van der Waals surface area contributed by atoms with E-state index in [9.17, 15) is 9.59 Å². The van der Waals surface area contributed by atoms with Crippen LogP contribution < -0.4 is 10.9 Å². The Morgan fingerprint density at radius 1 is 1.09 bits per heavy atom. The number of pyridine rings is 1. The Bertz CT molecular complexity index is 1240. The number of hydrogen-bond donors (Lipinski definition) is 1. The van der Waals surface area contributed by atoms with Crippen LogP contribution in [0.1, 0.15) is 68.8 Å². The lowest BCUT2D eigenvalue weighted by Crippen LogP contribution is -2.40. The van der Waals surface area contributed by atoms with Crippen molar-refractivity contribution >= 4 is 27.7 Å². The summed E-state index contributed by atoms with van der Waals surface area (Å²) >= 11 is 0. The predicted octanol–water partition coefficient (Wildman–Crippen LogP) is 4.71. The van der Waals surface area contributed by atoms with E-state index in [1.54, 1.807) is 0 Å². The van der Waals surface area contributed by atoms with Gasteiger partial charge in [0, 0.05) is 55.2 Å². The highest BCUT2D eigenvalue weighted by atomic mass is 16.2. The number of nitrogens with one attached hydrogen (secondary N) is 1. The second kappa shape index (κ2) is 9.57. The van der Waals surface area contributed by atoms with Crippen LogP contribution in [0.25, 0.3) is 21.8 Å². The van der Waals surface area contributed by atoms with E-state index in [1.165, 1.54) is 6.42 Å². The fourth-order valence-corrected chi connectivity index (χ4v) is 6.50. The fraction of sp³-hybridized carbons (Fsp3) is 0.571. The summed E-state index contributed by atoms with van der Waals surface area (Å²) in [6.45, 7) is 8.63. The van der Waals surface area contributed by atoms with E-state index >= 15 is 0 Å². The van der Waals surface area contributed by atoms with Gasteiger partial charge in [0.25, 0.3) is 11.5 Å². The first-order valence-electron chi connectivity index (χ1n) is 13.1. The molecule has 0 radical (unpaired) electrons. The number of hydrogen-bond acceptors (Lipinski definition) is 3. The van der Waals surface area contributed by atoms with E-state index < -0.39 is 0 Å². The van der Waals surface area contributed by atoms with Crippen molar-refractivity contribution in [1.29, 1.82) is 0 Å². The van der Waals surface area contributed by atoms with Gasteiger partial charge in [0.15, 0.2) is 0 Å². The molecule has 3 heterocycles. The molecule has 3 aromatic rings. The molecular weight excluding hydrogens is 424 g/mol. The van der Waals surface area contributed by atoms with Gasteiger partial charge in [-0.05, 0) is 50.1 Å². The van der Waals surface area contributed by atoms with Crippen LogP contribution in [-0.4, -0.2) is 46.1 Å². The smallest absolute Gasteiger partial charge is 0.275 e. The first kappa shape index (κ1) is 23.2. The molecule has 34 heavy (non-hydrogen) atoms. The third-order valence-corrected chi connectivity index (χ3v) is 7.93. The molecule has 182 valence electrons. The van der Waals surface area contributed by atoms with E-state index in [0.29, 0.717) is 17.6 Å². The maximum atomic E-state index is 13.6. The number of likely N-dealkylation sites (tertiary alicyclic amines) is 1. The largest absolute Gasteiger partial charge is 0.352 e. The third-order valence-electron chi connectivity index (χ3n) is 7.93. The van der Waals surface area contributed by atoms with E-state index in [2.05, 4.69) is 24.1 Å². The number of carbonyl (C=O) groups is 1. The number of benzene rings is 1. The summed E-state index contributed by atoms with van der Waals surface area (Å²) in [7, 11) is 1.94. The molecule has 2 aromatic heterocycles. The van der Waals surface area contributed by atoms with E-state index in [1.807, 2.05) is 46.6 Å². The van der Waals surface area contributed by atoms with Gasteiger partial charge >= 0.3 is 0 Å². The number of rotatable bonds is 6. The van der Waals surface area contributed by atoms with Crippen molar-refractivity contribution in [2.75, 3.05) is 26.2 Å². The highest BCUT2D eigenvalue weighted by Gasteiger charge is 2.26. The number of piperidine rings is 1. The molecule has 2 atom stereocenters. The summed E-state index contributed by atoms with van der Waals surface area (Å²) in [6.07, 6.45) is 8.37. The number of aryl methyl sites for hydroxylation is 1. The Hall–Kier alpha value is -2.60. The van der Waals surface area contributed by atoms with Crippen LogP contribution in [0.5, 0.6) is 0 Å². The SMILES string of the molecule is C[C@H]1C[C@H](C)CN(CCCNC(=O)c2cn(C3CCCC3)c(=O)c3c2c2ccccc2n3C)C1. The second-order valence-electron chi connectivity index (χ2n) is 10.8. The topological polar surface area (TPSA) is 59.3 Å². The minimum absolute atomic E-state index is 0.0190. The van der Waals surface area contributed by atoms with Gasteiger partial charge < -0.3 is 19.4 Å². The van der Waals surface area contributed by atoms with E-state index in [0.717, 1.165) is 79.9 Å². The molecule has 1 saturated carbocycles. The Balaban J connectivity index is 1.42. The molecule has 6 nitrogen and oxygen atoms in total. The predicted molar refractivity (Wildman–Crippen MR) is 139 cm³/mol. The normalized spacial score (nSPS) is 22.1. The van der Waals surface area contributed by atoms with Crippen LogP contribution in [0.15, 0.2) is 35.3 Å². The average molecular weight is 463 g/mol. The van der Waals surface area contributed by atoms with Crippen molar-refractivity contribution < 1.29 is 4.79 Å². The van der Waals surface area contributed by atoms with Gasteiger partial charge in [-0.2, -0.15) is 0 Å². The number of aromatic nitrogens is 2. The minimum Gasteiger partial charge on any atom is -0.352 e. The monoisotopic (exact) mass is 462 g/mol. The Labute approximate surface area is 201 Å². The van der Waals surface area contributed by atoms with Gasteiger partial charge in [0.2, 0.25) is 0 Å². The Morgan fingerprint density at radius 2 is 1.79 bits per heavy atom. The van der Waals surface area contributed by atoms with Crippen molar-refractivity contribution in [3.63, 3.8) is 0 Å². The van der Waals surface area contributed by atoms with Gasteiger partial charge in [-0.15, -0.1) is 0 Å². The Kier molecular flexibility index (Phi) is 6.52. The highest BCUT2D eigenvalue weighted by Crippen LogP contribution is 2.33. The van der Waals surface area contributed by atoms with Crippen LogP contribution >= 0.6 is 0 Å². The van der Waals surface area contributed by atoms with Crippen LogP contribution in [0, 0.1) is 11.8 Å². The van der Waals surface area contributed by atoms with Gasteiger partial charge in [0.05, 0.1) is 5.56 Å². The van der Waals surface area contributed by atoms with Gasteiger partial charge in [-0.25, -0.2) is 0 Å². The summed E-state index contributed by atoms with van der Waals surface area (Å²) in [4.78, 5) is 29.6. The summed E-state index contributed by atoms with van der Waals surface area (Å²) in [5.41, 5.74) is 2.27. The molecule has 2 aliphatic rings. The molecule has 0 unspecified atom stereocenters. The van der Waals surface area contributed by atoms with Crippen molar-refractivity contribution in [1.82, 2.24) is 19.4 Å². The second-order valence-corrected chi connectivity index (χ2v) is 10.8. The molecule has 1 saturated heterocycles. The first-order valence-corrected chi connectivity index (χ1v) is 13.1. The zero-order valence-electron chi connectivity index (χ0n) is 20.8. The van der Waals surface area contributed by atoms with Gasteiger partial charge in [0.1, 0.15) is 5.52 Å². The zero-order valence-corrected chi connectivity index (χ0v) is 20.8. The number of para-hydroxylation sites is 1. The van der Waals surface area contributed by atoms with Crippen molar-refractivity contribution in [2.24, 2.45) is 18.9 Å². The average Bonchev–Trinajstić information content (AvgIpc) is 3.44. The number of amides is 1. The molecule has 1 amide bonds. The van der Waals surface area contributed by atoms with Gasteiger partial charge in [-0.1, -0.05) is 44.9 Å². The van der Waals surface area contributed by atoms with Crippen LogP contribution in [-0.2, 0) is 7.05 Å². The summed E-state index contributed by atoms with van der Waals surface area (Å²) in [5.74, 6) is 1.41. The van der Waals surface area contributed by atoms with Crippen molar-refractivity contribution in [3.8, 4) is 0 Å². The lowest BCUT2D eigenvalue weighted by atomic mass is 9.92. The molecule has 1 aliphatic heterocycles. The van der Waals surface area contributed by atoms with Crippen molar-refractivity contribution in [3.05, 3.63) is 46.4 Å². The van der Waals surface area contributed by atoms with Crippen LogP contribution in [0.4, 0.5) is 0 Å². The third kappa shape index (κ3) is 4.28. The number of fused-ring (bicyclic) bond motifs is 3. The van der Waals surface area contributed by atoms with Crippen molar-refractivity contribution in [2.45, 2.75) is 58.4 Å². The fourth-order valence-electron chi connectivity index (χ4n) is 6.50. The van der Waals surface area contributed by atoms with E-state index in [4.69, 9.17) is 0 Å². The van der Waals surface area contributed by atoms with Crippen LogP contribution in [0.2, 0.25) is 0 Å². The van der Waals surface area contributed by atoms with E-state index in [-0.39, 0.29) is 17.5 Å². The maximum Gasteiger partial charge on any atom is 0.275 e. The standard InChI is InChI=1S/C28H38N4O2/c1-19-15-20(2)17-31(16-19)14-8-13-29-27(33)23-18-32(21-9-4-5-10-21)28(34)26-25(23)22-11-6-7-12-24(22)30(26)3/h6-7,11-12,18-21H,4-5,8-10,13-17H2,1-3H3,(H,29,33)/t19-,20-/m0/s1. The quantitative estimate of drug-likeness (QED) is 0.540. The first-order chi connectivity index (χ1) is 16.4. The maximum absolute atomic E-state index is 13.6. The summed E-state index contributed by atoms with van der Waals surface area (Å²) in [6, 6.07) is 8.19. The molecule has 0 bridgehead atoms. The summed E-state index contributed by atoms with van der Waals surface area (Å²) < 4.78 is 3.81. The van der Waals surface area contributed by atoms with Crippen LogP contribution in [0.3, 0.4) is 0 Å². The van der Waals surface area contributed by atoms with Gasteiger partial charge in [-0.3, -0.25) is 9.59 Å². The molecule has 1 aliphatic carbocycles. The number of carbonyl (C=O) groups excluding carboxylic acids is 1. The minimum atomic E-state index is -0.0755.